The number of nitrogens with zero attached hydrogens (tertiary/aromatic N) is 1. The molecule has 0 aliphatic rings. The highest BCUT2D eigenvalue weighted by Gasteiger charge is 2.21. The van der Waals surface area contributed by atoms with Gasteiger partial charge in [-0.1, -0.05) is 18.2 Å². The van der Waals surface area contributed by atoms with Gasteiger partial charge in [0.2, 0.25) is 5.91 Å². The van der Waals surface area contributed by atoms with Crippen molar-refractivity contribution >= 4 is 11.6 Å². The molecule has 0 atom stereocenters. The number of carbonyl (C=O) groups is 1. The first-order valence-corrected chi connectivity index (χ1v) is 9.72. The van der Waals surface area contributed by atoms with E-state index in [1.54, 1.807) is 42.5 Å². The first-order chi connectivity index (χ1) is 15.4. The standard InChI is InChI=1S/C24H23F2NO5/c1-16(28)27(15-17-13-19(29-2)9-11-22(17)30-3)21-14-20(32-24(25)26)10-12-23(21)31-18-7-5-4-6-8-18/h4-14,24H,15H2,1-3H3. The van der Waals surface area contributed by atoms with Crippen molar-refractivity contribution in [1.82, 2.24) is 0 Å². The van der Waals surface area contributed by atoms with E-state index in [4.69, 9.17) is 14.2 Å². The van der Waals surface area contributed by atoms with Gasteiger partial charge < -0.3 is 23.8 Å². The Balaban J connectivity index is 2.06. The van der Waals surface area contributed by atoms with Crippen LogP contribution in [0.4, 0.5) is 14.5 Å². The molecule has 0 saturated heterocycles. The van der Waals surface area contributed by atoms with Crippen LogP contribution in [0.25, 0.3) is 0 Å². The number of ether oxygens (including phenoxy) is 4. The maximum Gasteiger partial charge on any atom is 0.387 e. The smallest absolute Gasteiger partial charge is 0.387 e. The predicted molar refractivity (Wildman–Crippen MR) is 116 cm³/mol. The summed E-state index contributed by atoms with van der Waals surface area (Å²) in [5.41, 5.74) is 0.928. The largest absolute Gasteiger partial charge is 0.497 e. The predicted octanol–water partition coefficient (Wildman–Crippen LogP) is 5.65. The lowest BCUT2D eigenvalue weighted by atomic mass is 10.1. The van der Waals surface area contributed by atoms with Gasteiger partial charge in [0, 0.05) is 18.6 Å². The summed E-state index contributed by atoms with van der Waals surface area (Å²) in [6.07, 6.45) is 0. The van der Waals surface area contributed by atoms with Crippen LogP contribution in [0.2, 0.25) is 0 Å². The summed E-state index contributed by atoms with van der Waals surface area (Å²) in [6, 6.07) is 18.3. The third-order valence-corrected chi connectivity index (χ3v) is 4.61. The quantitative estimate of drug-likeness (QED) is 0.428. The first kappa shape index (κ1) is 22.9. The van der Waals surface area contributed by atoms with E-state index in [1.165, 1.54) is 44.2 Å². The highest BCUT2D eigenvalue weighted by atomic mass is 19.3. The topological polar surface area (TPSA) is 57.2 Å². The zero-order valence-electron chi connectivity index (χ0n) is 17.9. The van der Waals surface area contributed by atoms with Crippen molar-refractivity contribution in [2.24, 2.45) is 0 Å². The number of amides is 1. The van der Waals surface area contributed by atoms with Gasteiger partial charge in [-0.3, -0.25) is 4.79 Å². The minimum absolute atomic E-state index is 0.0823. The van der Waals surface area contributed by atoms with E-state index in [2.05, 4.69) is 4.74 Å². The Morgan fingerprint density at radius 1 is 0.875 bits per heavy atom. The molecule has 0 spiro atoms. The Bertz CT molecular complexity index is 1060. The van der Waals surface area contributed by atoms with E-state index >= 15 is 0 Å². The van der Waals surface area contributed by atoms with Crippen LogP contribution in [-0.4, -0.2) is 26.7 Å². The van der Waals surface area contributed by atoms with E-state index in [0.29, 0.717) is 28.6 Å². The molecule has 32 heavy (non-hydrogen) atoms. The third-order valence-electron chi connectivity index (χ3n) is 4.61. The van der Waals surface area contributed by atoms with Crippen molar-refractivity contribution in [3.8, 4) is 28.7 Å². The Morgan fingerprint density at radius 2 is 1.56 bits per heavy atom. The fraction of sp³-hybridized carbons (Fsp3) is 0.208. The normalized spacial score (nSPS) is 10.6. The Labute approximate surface area is 184 Å². The molecule has 0 radical (unpaired) electrons. The molecular weight excluding hydrogens is 420 g/mol. The molecule has 0 aromatic heterocycles. The average molecular weight is 443 g/mol. The Kier molecular flexibility index (Phi) is 7.49. The molecule has 3 aromatic rings. The minimum Gasteiger partial charge on any atom is -0.497 e. The second kappa shape index (κ2) is 10.5. The lowest BCUT2D eigenvalue weighted by molar-refractivity contribution is -0.116. The van der Waals surface area contributed by atoms with Gasteiger partial charge in [-0.25, -0.2) is 0 Å². The number of carbonyl (C=O) groups excluding carboxylic acids is 1. The highest BCUT2D eigenvalue weighted by Crippen LogP contribution is 2.38. The molecule has 1 amide bonds. The van der Waals surface area contributed by atoms with Gasteiger partial charge in [-0.15, -0.1) is 0 Å². The number of halogens is 2. The SMILES string of the molecule is COc1ccc(OC)c(CN(C(C)=O)c2cc(OC(F)F)ccc2Oc2ccccc2)c1. The average Bonchev–Trinajstić information content (AvgIpc) is 2.78. The third kappa shape index (κ3) is 5.66. The van der Waals surface area contributed by atoms with Crippen molar-refractivity contribution in [3.05, 3.63) is 72.3 Å². The Hall–Kier alpha value is -3.81. The molecule has 8 heteroatoms. The second-order valence-electron chi connectivity index (χ2n) is 6.71. The molecule has 0 aliphatic heterocycles. The molecule has 0 bridgehead atoms. The van der Waals surface area contributed by atoms with Crippen molar-refractivity contribution in [2.75, 3.05) is 19.1 Å². The number of rotatable bonds is 9. The molecule has 6 nitrogen and oxygen atoms in total. The monoisotopic (exact) mass is 443 g/mol. The molecule has 0 saturated carbocycles. The zero-order valence-corrected chi connectivity index (χ0v) is 17.9. The van der Waals surface area contributed by atoms with E-state index in [9.17, 15) is 13.6 Å². The number of para-hydroxylation sites is 1. The maximum absolute atomic E-state index is 12.8. The number of hydrogen-bond acceptors (Lipinski definition) is 5. The van der Waals surface area contributed by atoms with Crippen molar-refractivity contribution in [2.45, 2.75) is 20.1 Å². The molecule has 0 heterocycles. The summed E-state index contributed by atoms with van der Waals surface area (Å²) in [4.78, 5) is 14.0. The van der Waals surface area contributed by atoms with Crippen LogP contribution in [0, 0.1) is 0 Å². The van der Waals surface area contributed by atoms with Crippen molar-refractivity contribution in [3.63, 3.8) is 0 Å². The molecule has 0 N–H and O–H groups in total. The van der Waals surface area contributed by atoms with Gasteiger partial charge in [-0.2, -0.15) is 8.78 Å². The van der Waals surface area contributed by atoms with Crippen LogP contribution in [-0.2, 0) is 11.3 Å². The Morgan fingerprint density at radius 3 is 2.19 bits per heavy atom. The van der Waals surface area contributed by atoms with Gasteiger partial charge >= 0.3 is 6.61 Å². The number of alkyl halides is 2. The van der Waals surface area contributed by atoms with Gasteiger partial charge in [0.15, 0.2) is 5.75 Å². The van der Waals surface area contributed by atoms with Crippen LogP contribution < -0.4 is 23.8 Å². The maximum atomic E-state index is 12.8. The number of anilines is 1. The fourth-order valence-electron chi connectivity index (χ4n) is 3.13. The summed E-state index contributed by atoms with van der Waals surface area (Å²) in [5.74, 6) is 1.53. The summed E-state index contributed by atoms with van der Waals surface area (Å²) in [5, 5.41) is 0. The second-order valence-corrected chi connectivity index (χ2v) is 6.71. The van der Waals surface area contributed by atoms with Gasteiger partial charge in [0.1, 0.15) is 23.0 Å². The lowest BCUT2D eigenvalue weighted by Crippen LogP contribution is -2.28. The molecular formula is C24H23F2NO5. The number of benzene rings is 3. The molecule has 3 rings (SSSR count). The molecule has 0 unspecified atom stereocenters. The van der Waals surface area contributed by atoms with Crippen molar-refractivity contribution in [1.29, 1.82) is 0 Å². The summed E-state index contributed by atoms with van der Waals surface area (Å²) < 4.78 is 46.8. The first-order valence-electron chi connectivity index (χ1n) is 9.72. The summed E-state index contributed by atoms with van der Waals surface area (Å²) in [7, 11) is 3.05. The minimum atomic E-state index is -3.01. The van der Waals surface area contributed by atoms with E-state index in [1.807, 2.05) is 6.07 Å². The van der Waals surface area contributed by atoms with E-state index in [-0.39, 0.29) is 23.9 Å². The van der Waals surface area contributed by atoms with Crippen LogP contribution in [0.15, 0.2) is 66.7 Å². The van der Waals surface area contributed by atoms with E-state index in [0.717, 1.165) is 0 Å². The van der Waals surface area contributed by atoms with Crippen molar-refractivity contribution < 1.29 is 32.5 Å². The highest BCUT2D eigenvalue weighted by molar-refractivity contribution is 5.93. The lowest BCUT2D eigenvalue weighted by Gasteiger charge is -2.25. The summed E-state index contributed by atoms with van der Waals surface area (Å²) >= 11 is 0. The van der Waals surface area contributed by atoms with Gasteiger partial charge in [0.25, 0.3) is 0 Å². The van der Waals surface area contributed by atoms with Crippen LogP contribution in [0.3, 0.4) is 0 Å². The van der Waals surface area contributed by atoms with Gasteiger partial charge in [-0.05, 0) is 42.5 Å². The zero-order chi connectivity index (χ0) is 23.1. The molecule has 168 valence electrons. The number of hydrogen-bond donors (Lipinski definition) is 0. The van der Waals surface area contributed by atoms with Crippen LogP contribution in [0.5, 0.6) is 28.7 Å². The van der Waals surface area contributed by atoms with Gasteiger partial charge in [0.05, 0.1) is 26.5 Å². The molecule has 0 aliphatic carbocycles. The molecule has 0 fully saturated rings. The van der Waals surface area contributed by atoms with Crippen LogP contribution in [0.1, 0.15) is 12.5 Å². The van der Waals surface area contributed by atoms with Crippen LogP contribution >= 0.6 is 0 Å². The summed E-state index contributed by atoms with van der Waals surface area (Å²) in [6.45, 7) is -1.55. The molecule has 3 aromatic carbocycles. The van der Waals surface area contributed by atoms with E-state index < -0.39 is 6.61 Å². The fourth-order valence-corrected chi connectivity index (χ4v) is 3.13. The number of methoxy groups -OCH3 is 2.